The molecule has 1 N–H and O–H groups in total. The monoisotopic (exact) mass is 383 g/mol. The lowest BCUT2D eigenvalue weighted by Crippen LogP contribution is -2.37. The molecular weight excluding hydrogens is 358 g/mol. The SMILES string of the molecule is CC[C@@H](NC(=O)c1ccc(Cl)cc1)[C@H]1[C@@H]2C[C@@H](c3cnn(C4CC4)c3)C[C@@H]21. The molecule has 0 saturated heterocycles. The summed E-state index contributed by atoms with van der Waals surface area (Å²) < 4.78 is 2.16. The summed E-state index contributed by atoms with van der Waals surface area (Å²) in [6, 6.07) is 8.08. The number of carbonyl (C=O) groups is 1. The van der Waals surface area contributed by atoms with Gasteiger partial charge in [-0.15, -0.1) is 0 Å². The Balaban J connectivity index is 1.19. The molecular formula is C22H26ClN3O. The van der Waals surface area contributed by atoms with Gasteiger partial charge in [-0.3, -0.25) is 9.48 Å². The van der Waals surface area contributed by atoms with Crippen molar-refractivity contribution in [2.45, 2.75) is 57.0 Å². The third-order valence-electron chi connectivity index (χ3n) is 6.85. The Morgan fingerprint density at radius 2 is 1.96 bits per heavy atom. The topological polar surface area (TPSA) is 46.9 Å². The van der Waals surface area contributed by atoms with Crippen LogP contribution in [0.1, 0.15) is 66.9 Å². The second kappa shape index (κ2) is 6.66. The fraction of sp³-hybridized carbons (Fsp3) is 0.545. The van der Waals surface area contributed by atoms with Crippen molar-refractivity contribution >= 4 is 17.5 Å². The number of fused-ring (bicyclic) bond motifs is 1. The Labute approximate surface area is 165 Å². The molecule has 5 rings (SSSR count). The van der Waals surface area contributed by atoms with Gasteiger partial charge >= 0.3 is 0 Å². The molecule has 5 atom stereocenters. The number of benzene rings is 1. The van der Waals surface area contributed by atoms with Gasteiger partial charge in [0.1, 0.15) is 0 Å². The number of hydrogen-bond acceptors (Lipinski definition) is 2. The molecule has 0 bridgehead atoms. The Kier molecular flexibility index (Phi) is 4.27. The summed E-state index contributed by atoms with van der Waals surface area (Å²) in [6.07, 6.45) is 10.4. The van der Waals surface area contributed by atoms with Gasteiger partial charge in [0.05, 0.1) is 12.2 Å². The van der Waals surface area contributed by atoms with E-state index in [0.29, 0.717) is 28.5 Å². The zero-order valence-corrected chi connectivity index (χ0v) is 16.4. The van der Waals surface area contributed by atoms with Crippen molar-refractivity contribution in [3.8, 4) is 0 Å². The molecule has 1 aromatic carbocycles. The average Bonchev–Trinajstić information content (AvgIpc) is 3.53. The summed E-state index contributed by atoms with van der Waals surface area (Å²) in [5, 5.41) is 8.50. The van der Waals surface area contributed by atoms with E-state index in [1.807, 2.05) is 0 Å². The van der Waals surface area contributed by atoms with Crippen molar-refractivity contribution in [3.05, 3.63) is 52.8 Å². The lowest BCUT2D eigenvalue weighted by molar-refractivity contribution is 0.0927. The van der Waals surface area contributed by atoms with Crippen LogP contribution in [0, 0.1) is 17.8 Å². The van der Waals surface area contributed by atoms with Crippen LogP contribution < -0.4 is 5.32 Å². The number of amides is 1. The highest BCUT2D eigenvalue weighted by atomic mass is 35.5. The normalized spacial score (nSPS) is 30.0. The van der Waals surface area contributed by atoms with Crippen molar-refractivity contribution in [2.24, 2.45) is 17.8 Å². The van der Waals surface area contributed by atoms with Gasteiger partial charge in [-0.2, -0.15) is 5.10 Å². The number of carbonyl (C=O) groups excluding carboxylic acids is 1. The van der Waals surface area contributed by atoms with Crippen molar-refractivity contribution in [3.63, 3.8) is 0 Å². The maximum Gasteiger partial charge on any atom is 0.251 e. The Hall–Kier alpha value is -1.81. The zero-order valence-electron chi connectivity index (χ0n) is 15.6. The van der Waals surface area contributed by atoms with Gasteiger partial charge in [-0.1, -0.05) is 18.5 Å². The van der Waals surface area contributed by atoms with Gasteiger partial charge in [-0.25, -0.2) is 0 Å². The van der Waals surface area contributed by atoms with E-state index in [1.54, 1.807) is 24.3 Å². The van der Waals surface area contributed by atoms with Crippen LogP contribution in [0.5, 0.6) is 0 Å². The summed E-state index contributed by atoms with van der Waals surface area (Å²) in [6.45, 7) is 2.18. The first-order valence-electron chi connectivity index (χ1n) is 10.2. The zero-order chi connectivity index (χ0) is 18.5. The van der Waals surface area contributed by atoms with Crippen LogP contribution in [0.3, 0.4) is 0 Å². The van der Waals surface area contributed by atoms with Gasteiger partial charge in [0, 0.05) is 22.8 Å². The molecule has 27 heavy (non-hydrogen) atoms. The first-order chi connectivity index (χ1) is 13.1. The van der Waals surface area contributed by atoms with Gasteiger partial charge in [0.2, 0.25) is 0 Å². The first-order valence-corrected chi connectivity index (χ1v) is 10.6. The van der Waals surface area contributed by atoms with E-state index >= 15 is 0 Å². The van der Waals surface area contributed by atoms with E-state index in [0.717, 1.165) is 18.3 Å². The molecule has 3 saturated carbocycles. The van der Waals surface area contributed by atoms with Gasteiger partial charge < -0.3 is 5.32 Å². The van der Waals surface area contributed by atoms with Gasteiger partial charge in [-0.05, 0) is 85.6 Å². The van der Waals surface area contributed by atoms with E-state index in [2.05, 4.69) is 34.4 Å². The second-order valence-corrected chi connectivity index (χ2v) is 8.99. The predicted molar refractivity (Wildman–Crippen MR) is 106 cm³/mol. The minimum absolute atomic E-state index is 0.0192. The van der Waals surface area contributed by atoms with Crippen LogP contribution in [0.25, 0.3) is 0 Å². The molecule has 0 unspecified atom stereocenters. The summed E-state index contributed by atoms with van der Waals surface area (Å²) >= 11 is 5.92. The Morgan fingerprint density at radius 1 is 1.26 bits per heavy atom. The molecule has 0 spiro atoms. The van der Waals surface area contributed by atoms with E-state index in [9.17, 15) is 4.79 Å². The van der Waals surface area contributed by atoms with Gasteiger partial charge in [0.25, 0.3) is 5.91 Å². The number of nitrogens with zero attached hydrogens (tertiary/aromatic N) is 2. The fourth-order valence-electron chi connectivity index (χ4n) is 5.19. The summed E-state index contributed by atoms with van der Waals surface area (Å²) in [5.41, 5.74) is 2.11. The number of nitrogens with one attached hydrogen (secondary N) is 1. The highest BCUT2D eigenvalue weighted by Gasteiger charge is 2.58. The van der Waals surface area contributed by atoms with E-state index < -0.39 is 0 Å². The van der Waals surface area contributed by atoms with Crippen LogP contribution >= 0.6 is 11.6 Å². The third-order valence-corrected chi connectivity index (χ3v) is 7.10. The van der Waals surface area contributed by atoms with Crippen LogP contribution in [-0.4, -0.2) is 21.7 Å². The maximum absolute atomic E-state index is 12.6. The summed E-state index contributed by atoms with van der Waals surface area (Å²) in [7, 11) is 0. The molecule has 1 heterocycles. The summed E-state index contributed by atoms with van der Waals surface area (Å²) in [5.74, 6) is 2.84. The number of aromatic nitrogens is 2. The van der Waals surface area contributed by atoms with Gasteiger partial charge in [0.15, 0.2) is 0 Å². The molecule has 4 nitrogen and oxygen atoms in total. The molecule has 1 amide bonds. The quantitative estimate of drug-likeness (QED) is 0.777. The average molecular weight is 384 g/mol. The molecule has 3 aliphatic carbocycles. The highest BCUT2D eigenvalue weighted by Crippen LogP contribution is 2.63. The second-order valence-electron chi connectivity index (χ2n) is 8.55. The van der Waals surface area contributed by atoms with Crippen molar-refractivity contribution in [1.29, 1.82) is 0 Å². The van der Waals surface area contributed by atoms with Crippen molar-refractivity contribution < 1.29 is 4.79 Å². The number of rotatable bonds is 6. The lowest BCUT2D eigenvalue weighted by atomic mass is 9.91. The van der Waals surface area contributed by atoms with Crippen LogP contribution in [0.2, 0.25) is 5.02 Å². The molecule has 0 radical (unpaired) electrons. The predicted octanol–water partition coefficient (Wildman–Crippen LogP) is 4.82. The van der Waals surface area contributed by atoms with Crippen LogP contribution in [0.15, 0.2) is 36.7 Å². The molecule has 1 aromatic heterocycles. The third kappa shape index (κ3) is 3.29. The van der Waals surface area contributed by atoms with Crippen molar-refractivity contribution in [1.82, 2.24) is 15.1 Å². The van der Waals surface area contributed by atoms with Crippen LogP contribution in [-0.2, 0) is 0 Å². The van der Waals surface area contributed by atoms with E-state index in [1.165, 1.54) is 31.2 Å². The minimum Gasteiger partial charge on any atom is -0.349 e. The molecule has 142 valence electrons. The fourth-order valence-corrected chi connectivity index (χ4v) is 5.31. The van der Waals surface area contributed by atoms with E-state index in [4.69, 9.17) is 11.6 Å². The lowest BCUT2D eigenvalue weighted by Gasteiger charge is -2.21. The largest absolute Gasteiger partial charge is 0.349 e. The molecule has 0 aliphatic heterocycles. The molecule has 3 fully saturated rings. The van der Waals surface area contributed by atoms with E-state index in [-0.39, 0.29) is 11.9 Å². The van der Waals surface area contributed by atoms with Crippen LogP contribution in [0.4, 0.5) is 0 Å². The molecule has 3 aliphatic rings. The maximum atomic E-state index is 12.6. The van der Waals surface area contributed by atoms with Crippen molar-refractivity contribution in [2.75, 3.05) is 0 Å². The molecule has 2 aromatic rings. The summed E-state index contributed by atoms with van der Waals surface area (Å²) in [4.78, 5) is 12.6. The number of hydrogen-bond donors (Lipinski definition) is 1. The molecule has 5 heteroatoms. The standard InChI is InChI=1S/C22H26ClN3O/c1-2-20(25-22(27)13-3-5-16(23)6-4-13)21-18-9-14(10-19(18)21)15-11-24-26(12-15)17-7-8-17/h3-6,11-12,14,17-21H,2,7-10H2,1H3,(H,25,27)/t14-,18-,19+,20-,21+/m1/s1. The Bertz CT molecular complexity index is 829. The number of halogens is 1. The first kappa shape index (κ1) is 17.3. The Morgan fingerprint density at radius 3 is 2.59 bits per heavy atom. The highest BCUT2D eigenvalue weighted by molar-refractivity contribution is 6.30. The smallest absolute Gasteiger partial charge is 0.251 e. The minimum atomic E-state index is 0.0192.